The first kappa shape index (κ1) is 15.3. The molecular formula is C17H20FNO2. The highest BCUT2D eigenvalue weighted by atomic mass is 19.1. The highest BCUT2D eigenvalue weighted by Crippen LogP contribution is 2.27. The highest BCUT2D eigenvalue weighted by Gasteiger charge is 2.07. The molecule has 0 aliphatic heterocycles. The van der Waals surface area contributed by atoms with E-state index in [4.69, 9.17) is 4.74 Å². The van der Waals surface area contributed by atoms with Crippen LogP contribution in [-0.2, 0) is 6.54 Å². The number of hydrogen-bond acceptors (Lipinski definition) is 3. The molecule has 0 saturated heterocycles. The van der Waals surface area contributed by atoms with E-state index < -0.39 is 0 Å². The van der Waals surface area contributed by atoms with Crippen molar-refractivity contribution in [3.63, 3.8) is 0 Å². The van der Waals surface area contributed by atoms with Gasteiger partial charge in [-0.3, -0.25) is 0 Å². The summed E-state index contributed by atoms with van der Waals surface area (Å²) in [5, 5.41) is 13.0. The molecule has 4 heteroatoms. The number of halogens is 1. The largest absolute Gasteiger partial charge is 0.504 e. The fourth-order valence-electron chi connectivity index (χ4n) is 2.10. The Morgan fingerprint density at radius 1 is 1.24 bits per heavy atom. The highest BCUT2D eigenvalue weighted by molar-refractivity contribution is 5.41. The summed E-state index contributed by atoms with van der Waals surface area (Å²) in [5.74, 6) is 0.387. The third-order valence-electron chi connectivity index (χ3n) is 3.29. The van der Waals surface area contributed by atoms with Gasteiger partial charge in [-0.15, -0.1) is 0 Å². The van der Waals surface area contributed by atoms with Gasteiger partial charge in [-0.05, 0) is 49.2 Å². The molecule has 0 fully saturated rings. The molecular weight excluding hydrogens is 269 g/mol. The van der Waals surface area contributed by atoms with Crippen LogP contribution >= 0.6 is 0 Å². The van der Waals surface area contributed by atoms with Crippen LogP contribution in [0, 0.1) is 5.82 Å². The maximum Gasteiger partial charge on any atom is 0.161 e. The Morgan fingerprint density at radius 3 is 2.76 bits per heavy atom. The number of benzene rings is 2. The van der Waals surface area contributed by atoms with Gasteiger partial charge in [-0.2, -0.15) is 0 Å². The summed E-state index contributed by atoms with van der Waals surface area (Å²) in [5.41, 5.74) is 1.90. The van der Waals surface area contributed by atoms with Crippen LogP contribution < -0.4 is 10.1 Å². The van der Waals surface area contributed by atoms with Crippen molar-refractivity contribution in [2.24, 2.45) is 0 Å². The van der Waals surface area contributed by atoms with Crippen LogP contribution in [0.25, 0.3) is 0 Å². The van der Waals surface area contributed by atoms with E-state index in [9.17, 15) is 9.50 Å². The minimum absolute atomic E-state index is 0.0325. The molecule has 0 spiro atoms. The molecule has 0 aliphatic rings. The first-order chi connectivity index (χ1) is 10.1. The van der Waals surface area contributed by atoms with Gasteiger partial charge in [0.15, 0.2) is 11.5 Å². The van der Waals surface area contributed by atoms with E-state index in [-0.39, 0.29) is 17.6 Å². The molecule has 0 radical (unpaired) electrons. The standard InChI is InChI=1S/C17H20FNO2/c1-3-21-17-9-13(7-8-16(17)20)11-19-12(2)14-5-4-6-15(18)10-14/h4-10,12,19-20H,3,11H2,1-2H3/t12-/m1/s1. The van der Waals surface area contributed by atoms with E-state index in [1.54, 1.807) is 12.1 Å². The minimum Gasteiger partial charge on any atom is -0.504 e. The Balaban J connectivity index is 2.01. The summed E-state index contributed by atoms with van der Waals surface area (Å²) in [6.07, 6.45) is 0. The fraction of sp³-hybridized carbons (Fsp3) is 0.294. The van der Waals surface area contributed by atoms with Crippen LogP contribution in [0.4, 0.5) is 4.39 Å². The SMILES string of the molecule is CCOc1cc(CN[C@H](C)c2cccc(F)c2)ccc1O. The van der Waals surface area contributed by atoms with E-state index in [1.807, 2.05) is 32.0 Å². The van der Waals surface area contributed by atoms with Gasteiger partial charge < -0.3 is 15.2 Å². The van der Waals surface area contributed by atoms with Gasteiger partial charge in [0, 0.05) is 12.6 Å². The van der Waals surface area contributed by atoms with Gasteiger partial charge in [0.2, 0.25) is 0 Å². The Bertz CT molecular complexity index is 601. The number of aromatic hydroxyl groups is 1. The fourth-order valence-corrected chi connectivity index (χ4v) is 2.10. The lowest BCUT2D eigenvalue weighted by molar-refractivity contribution is 0.317. The summed E-state index contributed by atoms with van der Waals surface area (Å²) in [7, 11) is 0. The van der Waals surface area contributed by atoms with Crippen molar-refractivity contribution in [2.45, 2.75) is 26.4 Å². The maximum atomic E-state index is 13.2. The van der Waals surface area contributed by atoms with E-state index in [2.05, 4.69) is 5.32 Å². The smallest absolute Gasteiger partial charge is 0.161 e. The van der Waals surface area contributed by atoms with E-state index >= 15 is 0 Å². The van der Waals surface area contributed by atoms with Crippen molar-refractivity contribution < 1.29 is 14.2 Å². The second-order valence-corrected chi connectivity index (χ2v) is 4.89. The maximum absolute atomic E-state index is 13.2. The van der Waals surface area contributed by atoms with Crippen LogP contribution in [0.15, 0.2) is 42.5 Å². The summed E-state index contributed by atoms with van der Waals surface area (Å²) >= 11 is 0. The normalized spacial score (nSPS) is 12.1. The minimum atomic E-state index is -0.232. The van der Waals surface area contributed by atoms with Crippen LogP contribution in [-0.4, -0.2) is 11.7 Å². The lowest BCUT2D eigenvalue weighted by atomic mass is 10.1. The van der Waals surface area contributed by atoms with Gasteiger partial charge >= 0.3 is 0 Å². The topological polar surface area (TPSA) is 41.5 Å². The Kier molecular flexibility index (Phi) is 5.17. The molecule has 112 valence electrons. The third kappa shape index (κ3) is 4.20. The molecule has 0 aromatic heterocycles. The molecule has 1 atom stereocenters. The summed E-state index contributed by atoms with van der Waals surface area (Å²) in [6, 6.07) is 11.9. The molecule has 0 bridgehead atoms. The number of phenols is 1. The number of rotatable bonds is 6. The lowest BCUT2D eigenvalue weighted by Gasteiger charge is -2.15. The average molecular weight is 289 g/mol. The number of ether oxygens (including phenoxy) is 1. The predicted octanol–water partition coefficient (Wildman–Crippen LogP) is 3.78. The van der Waals surface area contributed by atoms with Crippen molar-refractivity contribution in [3.8, 4) is 11.5 Å². The molecule has 0 saturated carbocycles. The molecule has 0 amide bonds. The van der Waals surface area contributed by atoms with Crippen molar-refractivity contribution >= 4 is 0 Å². The zero-order valence-corrected chi connectivity index (χ0v) is 12.3. The lowest BCUT2D eigenvalue weighted by Crippen LogP contribution is -2.18. The summed E-state index contributed by atoms with van der Waals surface area (Å²) < 4.78 is 18.6. The molecule has 2 rings (SSSR count). The van der Waals surface area contributed by atoms with E-state index in [1.165, 1.54) is 12.1 Å². The Morgan fingerprint density at radius 2 is 2.05 bits per heavy atom. The van der Waals surface area contributed by atoms with E-state index in [0.717, 1.165) is 11.1 Å². The molecule has 0 unspecified atom stereocenters. The van der Waals surface area contributed by atoms with Crippen LogP contribution in [0.1, 0.15) is 31.0 Å². The second kappa shape index (κ2) is 7.09. The Hall–Kier alpha value is -2.07. The molecule has 2 N–H and O–H groups in total. The van der Waals surface area contributed by atoms with Gasteiger partial charge in [0.05, 0.1) is 6.61 Å². The van der Waals surface area contributed by atoms with Gasteiger partial charge in [-0.25, -0.2) is 4.39 Å². The number of phenolic OH excluding ortho intramolecular Hbond substituents is 1. The van der Waals surface area contributed by atoms with Crippen LogP contribution in [0.2, 0.25) is 0 Å². The van der Waals surface area contributed by atoms with Gasteiger partial charge in [0.25, 0.3) is 0 Å². The second-order valence-electron chi connectivity index (χ2n) is 4.89. The summed E-state index contributed by atoms with van der Waals surface area (Å²) in [6.45, 7) is 4.97. The zero-order valence-electron chi connectivity index (χ0n) is 12.3. The monoisotopic (exact) mass is 289 g/mol. The third-order valence-corrected chi connectivity index (χ3v) is 3.29. The molecule has 3 nitrogen and oxygen atoms in total. The van der Waals surface area contributed by atoms with Gasteiger partial charge in [0.1, 0.15) is 5.82 Å². The first-order valence-electron chi connectivity index (χ1n) is 7.03. The predicted molar refractivity (Wildman–Crippen MR) is 80.9 cm³/mol. The quantitative estimate of drug-likeness (QED) is 0.850. The molecule has 0 heterocycles. The van der Waals surface area contributed by atoms with Crippen LogP contribution in [0.5, 0.6) is 11.5 Å². The number of hydrogen-bond donors (Lipinski definition) is 2. The van der Waals surface area contributed by atoms with Crippen molar-refractivity contribution in [2.75, 3.05) is 6.61 Å². The van der Waals surface area contributed by atoms with Gasteiger partial charge in [-0.1, -0.05) is 18.2 Å². The number of nitrogens with one attached hydrogen (secondary N) is 1. The molecule has 2 aromatic rings. The molecule has 21 heavy (non-hydrogen) atoms. The average Bonchev–Trinajstić information content (AvgIpc) is 2.48. The summed E-state index contributed by atoms with van der Waals surface area (Å²) in [4.78, 5) is 0. The van der Waals surface area contributed by atoms with Crippen molar-refractivity contribution in [1.82, 2.24) is 5.32 Å². The van der Waals surface area contributed by atoms with Crippen LogP contribution in [0.3, 0.4) is 0 Å². The van der Waals surface area contributed by atoms with Crippen molar-refractivity contribution in [3.05, 3.63) is 59.4 Å². The first-order valence-corrected chi connectivity index (χ1v) is 7.03. The molecule has 2 aromatic carbocycles. The Labute approximate surface area is 124 Å². The van der Waals surface area contributed by atoms with Crippen molar-refractivity contribution in [1.29, 1.82) is 0 Å². The van der Waals surface area contributed by atoms with E-state index in [0.29, 0.717) is 18.9 Å². The zero-order chi connectivity index (χ0) is 15.2. The molecule has 0 aliphatic carbocycles.